The summed E-state index contributed by atoms with van der Waals surface area (Å²) in [5, 5.41) is 4.23. The summed E-state index contributed by atoms with van der Waals surface area (Å²) in [6, 6.07) is 12.7. The third-order valence-electron chi connectivity index (χ3n) is 5.64. The number of methoxy groups -OCH3 is 1. The number of nitrogens with one attached hydrogen (secondary N) is 1. The molecule has 7 heteroatoms. The van der Waals surface area contributed by atoms with E-state index in [4.69, 9.17) is 32.7 Å². The van der Waals surface area contributed by atoms with Crippen LogP contribution in [-0.2, 0) is 0 Å². The highest BCUT2D eigenvalue weighted by Crippen LogP contribution is 2.28. The van der Waals surface area contributed by atoms with Crippen molar-refractivity contribution in [3.8, 4) is 11.5 Å². The van der Waals surface area contributed by atoms with Crippen molar-refractivity contribution in [1.82, 2.24) is 10.2 Å². The standard InChI is InChI=1S/C24H30Cl2N2O3/c1-16(2)23(27-24(29)17-5-4-6-19(13-17)30-3)15-28-11-9-18(10-12-28)31-20-7-8-21(25)22(26)14-20/h4-8,13-14,16,18,23H,9-12,15H2,1-3H3,(H,27,29). The van der Waals surface area contributed by atoms with Gasteiger partial charge in [-0.3, -0.25) is 4.79 Å². The van der Waals surface area contributed by atoms with Crippen LogP contribution < -0.4 is 14.8 Å². The minimum Gasteiger partial charge on any atom is -0.497 e. The summed E-state index contributed by atoms with van der Waals surface area (Å²) < 4.78 is 11.3. The minimum atomic E-state index is -0.0737. The van der Waals surface area contributed by atoms with E-state index in [1.165, 1.54) is 0 Å². The van der Waals surface area contributed by atoms with Gasteiger partial charge in [-0.1, -0.05) is 43.1 Å². The Morgan fingerprint density at radius 2 is 1.84 bits per heavy atom. The van der Waals surface area contributed by atoms with Crippen LogP contribution in [0.15, 0.2) is 42.5 Å². The molecule has 1 unspecified atom stereocenters. The fraction of sp³-hybridized carbons (Fsp3) is 0.458. The van der Waals surface area contributed by atoms with Crippen LogP contribution in [-0.4, -0.2) is 49.7 Å². The summed E-state index contributed by atoms with van der Waals surface area (Å²) >= 11 is 12.1. The summed E-state index contributed by atoms with van der Waals surface area (Å²) in [5.74, 6) is 1.67. The van der Waals surface area contributed by atoms with Crippen molar-refractivity contribution in [2.75, 3.05) is 26.7 Å². The van der Waals surface area contributed by atoms with Gasteiger partial charge in [-0.25, -0.2) is 0 Å². The van der Waals surface area contributed by atoms with Crippen molar-refractivity contribution in [3.05, 3.63) is 58.1 Å². The number of rotatable bonds is 8. The molecule has 0 radical (unpaired) electrons. The predicted octanol–water partition coefficient (Wildman–Crippen LogP) is 5.30. The molecule has 0 aromatic heterocycles. The van der Waals surface area contributed by atoms with E-state index < -0.39 is 0 Å². The van der Waals surface area contributed by atoms with E-state index in [0.29, 0.717) is 27.3 Å². The van der Waals surface area contributed by atoms with E-state index in [1.54, 1.807) is 31.4 Å². The van der Waals surface area contributed by atoms with E-state index in [-0.39, 0.29) is 18.1 Å². The Bertz CT molecular complexity index is 883. The van der Waals surface area contributed by atoms with Crippen LogP contribution >= 0.6 is 23.2 Å². The molecule has 1 fully saturated rings. The lowest BCUT2D eigenvalue weighted by atomic mass is 10.0. The number of amides is 1. The third kappa shape index (κ3) is 6.76. The first kappa shape index (κ1) is 23.7. The minimum absolute atomic E-state index is 0.0613. The van der Waals surface area contributed by atoms with Crippen molar-refractivity contribution in [2.45, 2.75) is 38.8 Å². The molecule has 1 aliphatic rings. The second kappa shape index (κ2) is 11.1. The molecule has 0 spiro atoms. The van der Waals surface area contributed by atoms with E-state index >= 15 is 0 Å². The molecule has 0 aliphatic carbocycles. The first-order valence-electron chi connectivity index (χ1n) is 10.6. The molecule has 1 aliphatic heterocycles. The van der Waals surface area contributed by atoms with Gasteiger partial charge < -0.3 is 19.7 Å². The van der Waals surface area contributed by atoms with Gasteiger partial charge in [-0.15, -0.1) is 0 Å². The van der Waals surface area contributed by atoms with Gasteiger partial charge in [0.2, 0.25) is 0 Å². The first-order chi connectivity index (χ1) is 14.9. The molecule has 0 saturated carbocycles. The first-order valence-corrected chi connectivity index (χ1v) is 11.4. The molecule has 3 rings (SSSR count). The number of carbonyl (C=O) groups is 1. The molecule has 1 atom stereocenters. The van der Waals surface area contributed by atoms with E-state index in [2.05, 4.69) is 24.1 Å². The molecule has 168 valence electrons. The molecule has 1 amide bonds. The maximum Gasteiger partial charge on any atom is 0.251 e. The van der Waals surface area contributed by atoms with E-state index in [9.17, 15) is 4.79 Å². The molecule has 5 nitrogen and oxygen atoms in total. The molecule has 31 heavy (non-hydrogen) atoms. The number of benzene rings is 2. The lowest BCUT2D eigenvalue weighted by Gasteiger charge is -2.35. The highest BCUT2D eigenvalue weighted by molar-refractivity contribution is 6.42. The van der Waals surface area contributed by atoms with Crippen LogP contribution in [0.1, 0.15) is 37.0 Å². The average Bonchev–Trinajstić information content (AvgIpc) is 2.77. The number of hydrogen-bond acceptors (Lipinski definition) is 4. The zero-order valence-corrected chi connectivity index (χ0v) is 19.7. The Kier molecular flexibility index (Phi) is 8.47. The van der Waals surface area contributed by atoms with Crippen LogP contribution in [0.25, 0.3) is 0 Å². The fourth-order valence-corrected chi connectivity index (χ4v) is 3.96. The van der Waals surface area contributed by atoms with Crippen molar-refractivity contribution in [2.24, 2.45) is 5.92 Å². The number of carbonyl (C=O) groups excluding carboxylic acids is 1. The van der Waals surface area contributed by atoms with Gasteiger partial charge in [0.1, 0.15) is 17.6 Å². The van der Waals surface area contributed by atoms with Crippen molar-refractivity contribution in [3.63, 3.8) is 0 Å². The van der Waals surface area contributed by atoms with Gasteiger partial charge in [0.25, 0.3) is 5.91 Å². The topological polar surface area (TPSA) is 50.8 Å². The normalized spacial score (nSPS) is 16.2. The van der Waals surface area contributed by atoms with Crippen LogP contribution in [0.3, 0.4) is 0 Å². The van der Waals surface area contributed by atoms with Crippen molar-refractivity contribution >= 4 is 29.1 Å². The second-order valence-corrected chi connectivity index (χ2v) is 9.06. The van der Waals surface area contributed by atoms with Crippen LogP contribution in [0.4, 0.5) is 0 Å². The Balaban J connectivity index is 1.51. The number of ether oxygens (including phenoxy) is 2. The predicted molar refractivity (Wildman–Crippen MR) is 126 cm³/mol. The number of likely N-dealkylation sites (tertiary alicyclic amines) is 1. The maximum absolute atomic E-state index is 12.8. The number of halogens is 2. The molecular formula is C24H30Cl2N2O3. The van der Waals surface area contributed by atoms with Crippen LogP contribution in [0.5, 0.6) is 11.5 Å². The third-order valence-corrected chi connectivity index (χ3v) is 6.38. The smallest absolute Gasteiger partial charge is 0.251 e. The zero-order chi connectivity index (χ0) is 22.4. The van der Waals surface area contributed by atoms with Crippen LogP contribution in [0, 0.1) is 5.92 Å². The number of piperidine rings is 1. The van der Waals surface area contributed by atoms with Gasteiger partial charge in [-0.2, -0.15) is 0 Å². The maximum atomic E-state index is 12.8. The highest BCUT2D eigenvalue weighted by Gasteiger charge is 2.25. The molecular weight excluding hydrogens is 435 g/mol. The van der Waals surface area contributed by atoms with E-state index in [0.717, 1.165) is 38.2 Å². The molecule has 2 aromatic rings. The molecule has 1 heterocycles. The van der Waals surface area contributed by atoms with Gasteiger partial charge in [0, 0.05) is 37.3 Å². The average molecular weight is 465 g/mol. The van der Waals surface area contributed by atoms with Gasteiger partial charge in [0.05, 0.1) is 17.2 Å². The van der Waals surface area contributed by atoms with Gasteiger partial charge in [-0.05, 0) is 49.1 Å². The quantitative estimate of drug-likeness (QED) is 0.575. The summed E-state index contributed by atoms with van der Waals surface area (Å²) in [6.07, 6.45) is 2.00. The largest absolute Gasteiger partial charge is 0.497 e. The van der Waals surface area contributed by atoms with Gasteiger partial charge in [0.15, 0.2) is 0 Å². The SMILES string of the molecule is COc1cccc(C(=O)NC(CN2CCC(Oc3ccc(Cl)c(Cl)c3)CC2)C(C)C)c1. The molecule has 1 saturated heterocycles. The Labute approximate surface area is 194 Å². The fourth-order valence-electron chi connectivity index (χ4n) is 3.67. The molecule has 2 aromatic carbocycles. The summed E-state index contributed by atoms with van der Waals surface area (Å²) in [5.41, 5.74) is 0.610. The molecule has 0 bridgehead atoms. The molecule has 1 N–H and O–H groups in total. The van der Waals surface area contributed by atoms with Crippen molar-refractivity contribution < 1.29 is 14.3 Å². The number of nitrogens with zero attached hydrogens (tertiary/aromatic N) is 1. The lowest BCUT2D eigenvalue weighted by Crippen LogP contribution is -2.49. The van der Waals surface area contributed by atoms with Crippen LogP contribution in [0.2, 0.25) is 10.0 Å². The summed E-state index contributed by atoms with van der Waals surface area (Å²) in [6.45, 7) is 6.93. The van der Waals surface area contributed by atoms with Crippen molar-refractivity contribution in [1.29, 1.82) is 0 Å². The second-order valence-electron chi connectivity index (χ2n) is 8.25. The summed E-state index contributed by atoms with van der Waals surface area (Å²) in [7, 11) is 1.60. The highest BCUT2D eigenvalue weighted by atomic mass is 35.5. The Morgan fingerprint density at radius 1 is 1.10 bits per heavy atom. The Hall–Kier alpha value is -1.95. The Morgan fingerprint density at radius 3 is 2.48 bits per heavy atom. The van der Waals surface area contributed by atoms with E-state index in [1.807, 2.05) is 18.2 Å². The monoisotopic (exact) mass is 464 g/mol. The summed E-state index contributed by atoms with van der Waals surface area (Å²) in [4.78, 5) is 15.1. The zero-order valence-electron chi connectivity index (χ0n) is 18.2. The van der Waals surface area contributed by atoms with Gasteiger partial charge >= 0.3 is 0 Å². The number of hydrogen-bond donors (Lipinski definition) is 1. The lowest BCUT2D eigenvalue weighted by molar-refractivity contribution is 0.0807.